The molecule has 2 aromatic heterocycles. The van der Waals surface area contributed by atoms with Crippen molar-refractivity contribution in [2.45, 2.75) is 13.5 Å². The van der Waals surface area contributed by atoms with E-state index < -0.39 is 0 Å². The van der Waals surface area contributed by atoms with E-state index in [1.165, 1.54) is 29.6 Å². The fourth-order valence-electron chi connectivity index (χ4n) is 1.23. The Morgan fingerprint density at radius 3 is 2.73 bits per heavy atom. The Bertz CT molecular complexity index is 464. The molecule has 2 heterocycles. The first-order valence-electron chi connectivity index (χ1n) is 4.51. The van der Waals surface area contributed by atoms with Crippen molar-refractivity contribution in [3.8, 4) is 0 Å². The average molecular weight is 203 g/mol. The first kappa shape index (κ1) is 9.45. The molecule has 0 spiro atoms. The van der Waals surface area contributed by atoms with Gasteiger partial charge in [-0.2, -0.15) is 0 Å². The van der Waals surface area contributed by atoms with Crippen LogP contribution in [-0.2, 0) is 6.54 Å². The zero-order chi connectivity index (χ0) is 10.7. The van der Waals surface area contributed by atoms with E-state index in [4.69, 9.17) is 0 Å². The highest BCUT2D eigenvalue weighted by Crippen LogP contribution is 2.05. The van der Waals surface area contributed by atoms with Crippen molar-refractivity contribution in [3.63, 3.8) is 0 Å². The average Bonchev–Trinajstić information content (AvgIpc) is 2.77. The molecule has 2 rings (SSSR count). The van der Waals surface area contributed by atoms with Crippen LogP contribution in [0.5, 0.6) is 0 Å². The number of carbonyl (C=O) groups excluding carboxylic acids is 1. The third kappa shape index (κ3) is 1.74. The van der Waals surface area contributed by atoms with Gasteiger partial charge in [-0.3, -0.25) is 4.79 Å². The first-order valence-corrected chi connectivity index (χ1v) is 4.51. The minimum absolute atomic E-state index is 0.164. The molecule has 0 N–H and O–H groups in total. The summed E-state index contributed by atoms with van der Waals surface area (Å²) in [6.45, 7) is 2.50. The molecule has 0 amide bonds. The van der Waals surface area contributed by atoms with Crippen LogP contribution in [0.15, 0.2) is 24.9 Å². The van der Waals surface area contributed by atoms with Crippen molar-refractivity contribution >= 4 is 5.78 Å². The van der Waals surface area contributed by atoms with Crippen LogP contribution in [0.3, 0.4) is 0 Å². The molecule has 0 saturated heterocycles. The summed E-state index contributed by atoms with van der Waals surface area (Å²) < 4.78 is 1.54. The van der Waals surface area contributed by atoms with Crippen LogP contribution in [0.25, 0.3) is 0 Å². The SMILES string of the molecule is CCn1nncc1C(=O)c1cncnc1. The second kappa shape index (κ2) is 3.95. The molecule has 2 aromatic rings. The lowest BCUT2D eigenvalue weighted by Crippen LogP contribution is -2.10. The Kier molecular flexibility index (Phi) is 2.49. The molecule has 0 aliphatic rings. The predicted octanol–water partition coefficient (Wildman–Crippen LogP) is 0.319. The van der Waals surface area contributed by atoms with E-state index >= 15 is 0 Å². The van der Waals surface area contributed by atoms with E-state index in [0.717, 1.165) is 0 Å². The quantitative estimate of drug-likeness (QED) is 0.671. The molecule has 0 aliphatic carbocycles. The zero-order valence-corrected chi connectivity index (χ0v) is 8.16. The molecule has 6 heteroatoms. The monoisotopic (exact) mass is 203 g/mol. The number of hydrogen-bond donors (Lipinski definition) is 0. The number of hydrogen-bond acceptors (Lipinski definition) is 5. The Morgan fingerprint density at radius 1 is 1.33 bits per heavy atom. The number of aromatic nitrogens is 5. The third-order valence-corrected chi connectivity index (χ3v) is 1.97. The van der Waals surface area contributed by atoms with E-state index in [-0.39, 0.29) is 5.78 Å². The van der Waals surface area contributed by atoms with Gasteiger partial charge in [-0.1, -0.05) is 5.21 Å². The van der Waals surface area contributed by atoms with E-state index in [2.05, 4.69) is 20.3 Å². The first-order chi connectivity index (χ1) is 7.33. The van der Waals surface area contributed by atoms with Crippen LogP contribution in [0.2, 0.25) is 0 Å². The molecule has 6 nitrogen and oxygen atoms in total. The number of aryl methyl sites for hydroxylation is 1. The molecule has 0 radical (unpaired) electrons. The Morgan fingerprint density at radius 2 is 2.07 bits per heavy atom. The van der Waals surface area contributed by atoms with E-state index in [0.29, 0.717) is 17.8 Å². The maximum absolute atomic E-state index is 11.9. The van der Waals surface area contributed by atoms with Gasteiger partial charge >= 0.3 is 0 Å². The Hall–Kier alpha value is -2.11. The summed E-state index contributed by atoms with van der Waals surface area (Å²) in [5.41, 5.74) is 0.891. The minimum atomic E-state index is -0.164. The van der Waals surface area contributed by atoms with Gasteiger partial charge in [-0.25, -0.2) is 14.6 Å². The van der Waals surface area contributed by atoms with E-state index in [9.17, 15) is 4.79 Å². The van der Waals surface area contributed by atoms with Crippen LogP contribution in [0.1, 0.15) is 23.0 Å². The molecule has 15 heavy (non-hydrogen) atoms. The summed E-state index contributed by atoms with van der Waals surface area (Å²) in [5.74, 6) is -0.164. The molecule has 0 fully saturated rings. The van der Waals surface area contributed by atoms with Gasteiger partial charge < -0.3 is 0 Å². The maximum atomic E-state index is 11.9. The van der Waals surface area contributed by atoms with Crippen LogP contribution in [0.4, 0.5) is 0 Å². The second-order valence-corrected chi connectivity index (χ2v) is 2.89. The van der Waals surface area contributed by atoms with Gasteiger partial charge in [-0.15, -0.1) is 5.10 Å². The number of ketones is 1. The Balaban J connectivity index is 2.37. The van der Waals surface area contributed by atoms with Gasteiger partial charge in [0.2, 0.25) is 5.78 Å². The predicted molar refractivity (Wildman–Crippen MR) is 51.2 cm³/mol. The summed E-state index contributed by atoms with van der Waals surface area (Å²) >= 11 is 0. The lowest BCUT2D eigenvalue weighted by Gasteiger charge is -2.00. The number of nitrogens with zero attached hydrogens (tertiary/aromatic N) is 5. The van der Waals surface area contributed by atoms with Crippen molar-refractivity contribution in [3.05, 3.63) is 36.2 Å². The van der Waals surface area contributed by atoms with Crippen molar-refractivity contribution in [2.24, 2.45) is 0 Å². The topological polar surface area (TPSA) is 73.6 Å². The van der Waals surface area contributed by atoms with Gasteiger partial charge in [0.1, 0.15) is 12.0 Å². The molecular weight excluding hydrogens is 194 g/mol. The normalized spacial score (nSPS) is 10.2. The zero-order valence-electron chi connectivity index (χ0n) is 8.16. The largest absolute Gasteiger partial charge is 0.287 e. The maximum Gasteiger partial charge on any atom is 0.215 e. The van der Waals surface area contributed by atoms with Gasteiger partial charge in [0.05, 0.1) is 11.8 Å². The van der Waals surface area contributed by atoms with Gasteiger partial charge in [0.15, 0.2) is 0 Å². The molecule has 0 unspecified atom stereocenters. The minimum Gasteiger partial charge on any atom is -0.287 e. The molecule has 0 saturated carbocycles. The van der Waals surface area contributed by atoms with Gasteiger partial charge in [0, 0.05) is 18.9 Å². The highest BCUT2D eigenvalue weighted by atomic mass is 16.1. The molecule has 0 aliphatic heterocycles. The summed E-state index contributed by atoms with van der Waals surface area (Å²) in [4.78, 5) is 19.5. The van der Waals surface area contributed by atoms with E-state index in [1.54, 1.807) is 0 Å². The van der Waals surface area contributed by atoms with E-state index in [1.807, 2.05) is 6.92 Å². The number of carbonyl (C=O) groups is 1. The van der Waals surface area contributed by atoms with Crippen molar-refractivity contribution in [1.82, 2.24) is 25.0 Å². The lowest BCUT2D eigenvalue weighted by atomic mass is 10.2. The molecule has 0 aromatic carbocycles. The van der Waals surface area contributed by atoms with Crippen molar-refractivity contribution in [1.29, 1.82) is 0 Å². The van der Waals surface area contributed by atoms with Gasteiger partial charge in [0.25, 0.3) is 0 Å². The lowest BCUT2D eigenvalue weighted by molar-refractivity contribution is 0.102. The summed E-state index contributed by atoms with van der Waals surface area (Å²) in [6, 6.07) is 0. The number of rotatable bonds is 3. The van der Waals surface area contributed by atoms with Crippen LogP contribution in [-0.4, -0.2) is 30.7 Å². The molecule has 0 bridgehead atoms. The Labute approximate surface area is 86.0 Å². The fraction of sp³-hybridized carbons (Fsp3) is 0.222. The second-order valence-electron chi connectivity index (χ2n) is 2.89. The van der Waals surface area contributed by atoms with Crippen molar-refractivity contribution in [2.75, 3.05) is 0 Å². The summed E-state index contributed by atoms with van der Waals surface area (Å²) in [5, 5.41) is 7.48. The van der Waals surface area contributed by atoms with Gasteiger partial charge in [-0.05, 0) is 6.92 Å². The van der Waals surface area contributed by atoms with Crippen LogP contribution >= 0.6 is 0 Å². The van der Waals surface area contributed by atoms with Crippen LogP contribution in [0, 0.1) is 0 Å². The fourth-order valence-corrected chi connectivity index (χ4v) is 1.23. The van der Waals surface area contributed by atoms with Crippen molar-refractivity contribution < 1.29 is 4.79 Å². The standard InChI is InChI=1S/C9H9N5O/c1-2-14-8(5-12-13-14)9(15)7-3-10-6-11-4-7/h3-6H,2H2,1H3. The summed E-state index contributed by atoms with van der Waals surface area (Å²) in [7, 11) is 0. The summed E-state index contributed by atoms with van der Waals surface area (Å²) in [6.07, 6.45) is 5.77. The highest BCUT2D eigenvalue weighted by Gasteiger charge is 2.14. The molecule has 0 atom stereocenters. The highest BCUT2D eigenvalue weighted by molar-refractivity contribution is 6.07. The third-order valence-electron chi connectivity index (χ3n) is 1.97. The molecule has 76 valence electrons. The van der Waals surface area contributed by atoms with Crippen LogP contribution < -0.4 is 0 Å². The smallest absolute Gasteiger partial charge is 0.215 e. The molecular formula is C9H9N5O.